The van der Waals surface area contributed by atoms with Gasteiger partial charge in [-0.1, -0.05) is 98.8 Å². The van der Waals surface area contributed by atoms with E-state index in [2.05, 4.69) is 54.1 Å². The average Bonchev–Trinajstić information content (AvgIpc) is 3.30. The van der Waals surface area contributed by atoms with Crippen molar-refractivity contribution in [3.63, 3.8) is 0 Å². The molecule has 1 saturated carbocycles. The van der Waals surface area contributed by atoms with E-state index in [9.17, 15) is 9.59 Å². The quantitative estimate of drug-likeness (QED) is 0.299. The van der Waals surface area contributed by atoms with Crippen LogP contribution in [0.3, 0.4) is 0 Å². The van der Waals surface area contributed by atoms with Crippen molar-refractivity contribution in [1.82, 2.24) is 14.8 Å². The highest BCUT2D eigenvalue weighted by atomic mass is 16.2. The van der Waals surface area contributed by atoms with Crippen LogP contribution in [0.5, 0.6) is 0 Å². The van der Waals surface area contributed by atoms with E-state index >= 15 is 0 Å². The van der Waals surface area contributed by atoms with Gasteiger partial charge in [-0.05, 0) is 61.1 Å². The first kappa shape index (κ1) is 26.4. The van der Waals surface area contributed by atoms with Gasteiger partial charge < -0.3 is 14.8 Å². The molecule has 1 atom stereocenters. The summed E-state index contributed by atoms with van der Waals surface area (Å²) in [6.07, 6.45) is 7.93. The molecule has 4 aromatic rings. The van der Waals surface area contributed by atoms with Gasteiger partial charge in [0.1, 0.15) is 5.69 Å². The van der Waals surface area contributed by atoms with Crippen LogP contribution >= 0.6 is 0 Å². The van der Waals surface area contributed by atoms with Gasteiger partial charge in [-0.15, -0.1) is 0 Å². The number of nitrogens with one attached hydrogen (secondary N) is 1. The molecule has 0 radical (unpaired) electrons. The molecule has 5 heteroatoms. The van der Waals surface area contributed by atoms with Crippen LogP contribution < -0.4 is 5.32 Å². The Morgan fingerprint density at radius 3 is 2.33 bits per heavy atom. The van der Waals surface area contributed by atoms with Crippen LogP contribution in [-0.2, 0) is 23.4 Å². The van der Waals surface area contributed by atoms with Crippen molar-refractivity contribution < 1.29 is 9.59 Å². The van der Waals surface area contributed by atoms with E-state index in [1.54, 1.807) is 0 Å². The lowest BCUT2D eigenvalue weighted by Gasteiger charge is -2.47. The molecule has 5 nitrogen and oxygen atoms in total. The zero-order valence-electron chi connectivity index (χ0n) is 23.7. The third-order valence-corrected chi connectivity index (χ3v) is 9.03. The van der Waals surface area contributed by atoms with E-state index < -0.39 is 5.54 Å². The lowest BCUT2D eigenvalue weighted by Crippen LogP contribution is -2.64. The smallest absolute Gasteiger partial charge is 0.272 e. The normalized spacial score (nSPS) is 20.1. The molecule has 1 fully saturated rings. The largest absolute Gasteiger partial charge is 0.351 e. The fourth-order valence-electron chi connectivity index (χ4n) is 6.69. The fraction of sp³-hybridized carbons (Fsp3) is 0.371. The Balaban J connectivity index is 1.53. The molecule has 1 N–H and O–H groups in total. The van der Waals surface area contributed by atoms with E-state index in [1.165, 1.54) is 19.3 Å². The van der Waals surface area contributed by atoms with Crippen LogP contribution in [0.15, 0.2) is 78.9 Å². The first-order valence-electron chi connectivity index (χ1n) is 14.8. The Labute approximate surface area is 237 Å². The molecule has 2 heterocycles. The number of nitrogens with zero attached hydrogens (tertiary/aromatic N) is 2. The number of carbonyl (C=O) groups is 2. The van der Waals surface area contributed by atoms with Crippen LogP contribution in [0.4, 0.5) is 0 Å². The second kappa shape index (κ2) is 11.0. The van der Waals surface area contributed by atoms with Gasteiger partial charge in [0, 0.05) is 23.5 Å². The second-order valence-corrected chi connectivity index (χ2v) is 11.7. The first-order chi connectivity index (χ1) is 19.5. The summed E-state index contributed by atoms with van der Waals surface area (Å²) >= 11 is 0. The van der Waals surface area contributed by atoms with Crippen molar-refractivity contribution in [1.29, 1.82) is 0 Å². The molecule has 1 unspecified atom stereocenters. The Morgan fingerprint density at radius 2 is 1.57 bits per heavy atom. The number of carbonyl (C=O) groups excluding carboxylic acids is 2. The molecule has 0 spiro atoms. The first-order valence-corrected chi connectivity index (χ1v) is 14.8. The van der Waals surface area contributed by atoms with E-state index in [0.717, 1.165) is 58.8 Å². The maximum atomic E-state index is 14.8. The zero-order valence-corrected chi connectivity index (χ0v) is 23.7. The summed E-state index contributed by atoms with van der Waals surface area (Å²) < 4.78 is 2.09. The molecule has 3 aromatic carbocycles. The molecule has 6 rings (SSSR count). The van der Waals surface area contributed by atoms with Crippen molar-refractivity contribution >= 4 is 22.7 Å². The maximum absolute atomic E-state index is 14.8. The molecule has 0 saturated heterocycles. The minimum absolute atomic E-state index is 0.0774. The zero-order chi connectivity index (χ0) is 27.7. The molecule has 2 aliphatic rings. The van der Waals surface area contributed by atoms with Crippen LogP contribution in [0.2, 0.25) is 0 Å². The number of hydrogen-bond donors (Lipinski definition) is 1. The highest BCUT2D eigenvalue weighted by molar-refractivity contribution is 6.04. The van der Waals surface area contributed by atoms with Crippen molar-refractivity contribution in [2.75, 3.05) is 0 Å². The molecule has 40 heavy (non-hydrogen) atoms. The summed E-state index contributed by atoms with van der Waals surface area (Å²) in [5, 5.41) is 4.51. The summed E-state index contributed by atoms with van der Waals surface area (Å²) in [5.41, 5.74) is 4.59. The molecule has 1 aromatic heterocycles. The number of hydrogen-bond acceptors (Lipinski definition) is 2. The Kier molecular flexibility index (Phi) is 7.22. The van der Waals surface area contributed by atoms with Gasteiger partial charge >= 0.3 is 0 Å². The molecule has 2 amide bonds. The van der Waals surface area contributed by atoms with Gasteiger partial charge in [0.2, 0.25) is 0 Å². The highest BCUT2D eigenvalue weighted by Crippen LogP contribution is 2.41. The lowest BCUT2D eigenvalue weighted by atomic mass is 9.83. The summed E-state index contributed by atoms with van der Waals surface area (Å²) in [6.45, 7) is 4.87. The predicted octanol–water partition coefficient (Wildman–Crippen LogP) is 7.04. The number of fused-ring (bicyclic) bond motifs is 3. The van der Waals surface area contributed by atoms with E-state index in [4.69, 9.17) is 0 Å². The maximum Gasteiger partial charge on any atom is 0.272 e. The molecular formula is C35H39N3O2. The summed E-state index contributed by atoms with van der Waals surface area (Å²) in [7, 11) is 0. The number of aryl methyl sites for hydroxylation is 2. The lowest BCUT2D eigenvalue weighted by molar-refractivity contribution is -0.136. The summed E-state index contributed by atoms with van der Waals surface area (Å²) in [4.78, 5) is 31.3. The molecule has 206 valence electrons. The molecule has 1 aliphatic carbocycles. The van der Waals surface area contributed by atoms with Crippen molar-refractivity contribution in [2.24, 2.45) is 0 Å². The highest BCUT2D eigenvalue weighted by Gasteiger charge is 2.52. The van der Waals surface area contributed by atoms with Gasteiger partial charge in [0.15, 0.2) is 5.54 Å². The Bertz CT molecular complexity index is 1530. The standard InChI is InChI=1S/C35H39N3O2/c1-25-19-20-27-22-32-33(39)38(23-28-14-12-11-13-26(28)2)35(24-37(32)31(27)21-25,29-15-7-6-8-16-29)34(40)36-30-17-9-4-3-5-10-18-30/h6-8,11-16,19-22,30H,3-5,9-10,17-18,23-24H2,1-2H3,(H,36,40). The minimum atomic E-state index is -1.19. The fourth-order valence-corrected chi connectivity index (χ4v) is 6.69. The molecule has 1 aliphatic heterocycles. The summed E-state index contributed by atoms with van der Waals surface area (Å²) in [5.74, 6) is -0.189. The monoisotopic (exact) mass is 533 g/mol. The Hall–Kier alpha value is -3.86. The van der Waals surface area contributed by atoms with Gasteiger partial charge in [0.25, 0.3) is 11.8 Å². The average molecular weight is 534 g/mol. The summed E-state index contributed by atoms with van der Waals surface area (Å²) in [6, 6.07) is 26.5. The predicted molar refractivity (Wildman–Crippen MR) is 160 cm³/mol. The third kappa shape index (κ3) is 4.72. The molecule has 0 bridgehead atoms. The second-order valence-electron chi connectivity index (χ2n) is 11.7. The number of aromatic nitrogens is 1. The topological polar surface area (TPSA) is 54.3 Å². The minimum Gasteiger partial charge on any atom is -0.351 e. The van der Waals surface area contributed by atoms with Crippen molar-refractivity contribution in [3.05, 3.63) is 107 Å². The van der Waals surface area contributed by atoms with Crippen molar-refractivity contribution in [3.8, 4) is 0 Å². The SMILES string of the molecule is Cc1ccc2cc3n(c2c1)CC(C(=O)NC1CCCCCCC1)(c1ccccc1)N(Cc1ccccc1C)C3=O. The van der Waals surface area contributed by atoms with Gasteiger partial charge in [-0.3, -0.25) is 9.59 Å². The van der Waals surface area contributed by atoms with Crippen LogP contribution in [0, 0.1) is 13.8 Å². The van der Waals surface area contributed by atoms with E-state index in [-0.39, 0.29) is 17.9 Å². The van der Waals surface area contributed by atoms with E-state index in [1.807, 2.05) is 53.4 Å². The number of rotatable bonds is 5. The van der Waals surface area contributed by atoms with Crippen molar-refractivity contribution in [2.45, 2.75) is 83.5 Å². The number of amides is 2. The third-order valence-electron chi connectivity index (χ3n) is 9.03. The van der Waals surface area contributed by atoms with Crippen LogP contribution in [0.1, 0.15) is 77.7 Å². The van der Waals surface area contributed by atoms with E-state index in [0.29, 0.717) is 18.8 Å². The van der Waals surface area contributed by atoms with Crippen LogP contribution in [-0.4, -0.2) is 27.3 Å². The van der Waals surface area contributed by atoms with Gasteiger partial charge in [0.05, 0.1) is 6.54 Å². The van der Waals surface area contributed by atoms with Crippen LogP contribution in [0.25, 0.3) is 10.9 Å². The Morgan fingerprint density at radius 1 is 0.875 bits per heavy atom. The van der Waals surface area contributed by atoms with Gasteiger partial charge in [-0.2, -0.15) is 0 Å². The molecular weight excluding hydrogens is 494 g/mol. The van der Waals surface area contributed by atoms with Gasteiger partial charge in [-0.25, -0.2) is 0 Å². The number of benzene rings is 3.